The van der Waals surface area contributed by atoms with Gasteiger partial charge in [-0.25, -0.2) is 0 Å². The number of carbonyl (C=O) groups is 1. The molecular formula is C18H22N2OS. The zero-order valence-corrected chi connectivity index (χ0v) is 13.9. The molecule has 0 saturated heterocycles. The van der Waals surface area contributed by atoms with Gasteiger partial charge >= 0.3 is 0 Å². The molecule has 3 rings (SSSR count). The first-order chi connectivity index (χ1) is 10.6. The van der Waals surface area contributed by atoms with Gasteiger partial charge in [0.1, 0.15) is 0 Å². The smallest absolute Gasteiger partial charge is 0.238 e. The summed E-state index contributed by atoms with van der Waals surface area (Å²) in [6, 6.07) is 12.2. The normalized spacial score (nSPS) is 23.3. The van der Waals surface area contributed by atoms with Crippen molar-refractivity contribution in [3.63, 3.8) is 0 Å². The van der Waals surface area contributed by atoms with Crippen molar-refractivity contribution < 1.29 is 4.79 Å². The van der Waals surface area contributed by atoms with E-state index in [1.54, 1.807) is 11.3 Å². The van der Waals surface area contributed by atoms with Crippen molar-refractivity contribution in [1.29, 1.82) is 0 Å². The van der Waals surface area contributed by atoms with Gasteiger partial charge in [-0.2, -0.15) is 0 Å². The molecule has 1 aromatic carbocycles. The summed E-state index contributed by atoms with van der Waals surface area (Å²) < 4.78 is 0. The first-order valence-corrected chi connectivity index (χ1v) is 8.64. The lowest BCUT2D eigenvalue weighted by Gasteiger charge is -2.28. The number of hydrogen-bond donors (Lipinski definition) is 1. The number of carbonyl (C=O) groups excluding carboxylic acids is 1. The molecule has 1 aliphatic rings. The fraction of sp³-hybridized carbons (Fsp3) is 0.389. The number of para-hydroxylation sites is 1. The number of nitrogens with zero attached hydrogens (tertiary/aromatic N) is 1. The second-order valence-electron chi connectivity index (χ2n) is 5.92. The second-order valence-corrected chi connectivity index (χ2v) is 6.87. The SMILES string of the molecule is CCN(C(=O)[C@@]1(c2cccs2)C[C@H]1CN)c1ccccc1C. The van der Waals surface area contributed by atoms with E-state index in [1.165, 1.54) is 0 Å². The van der Waals surface area contributed by atoms with Gasteiger partial charge in [0.15, 0.2) is 0 Å². The van der Waals surface area contributed by atoms with Crippen molar-refractivity contribution in [2.75, 3.05) is 18.0 Å². The Hall–Kier alpha value is -1.65. The highest BCUT2D eigenvalue weighted by molar-refractivity contribution is 7.10. The summed E-state index contributed by atoms with van der Waals surface area (Å²) in [4.78, 5) is 16.4. The summed E-state index contributed by atoms with van der Waals surface area (Å²) in [6.45, 7) is 5.33. The number of anilines is 1. The molecule has 1 amide bonds. The monoisotopic (exact) mass is 314 g/mol. The third kappa shape index (κ3) is 2.27. The molecule has 2 N–H and O–H groups in total. The molecule has 1 fully saturated rings. The maximum atomic E-state index is 13.4. The fourth-order valence-electron chi connectivity index (χ4n) is 3.35. The van der Waals surface area contributed by atoms with Crippen LogP contribution in [0.5, 0.6) is 0 Å². The molecule has 0 unspecified atom stereocenters. The number of hydrogen-bond acceptors (Lipinski definition) is 3. The van der Waals surface area contributed by atoms with Crippen LogP contribution in [-0.4, -0.2) is 19.0 Å². The Kier molecular flexibility index (Phi) is 4.06. The summed E-state index contributed by atoms with van der Waals surface area (Å²) >= 11 is 1.66. The van der Waals surface area contributed by atoms with Gasteiger partial charge in [0.25, 0.3) is 0 Å². The van der Waals surface area contributed by atoms with Crippen LogP contribution in [0, 0.1) is 12.8 Å². The number of benzene rings is 1. The number of likely N-dealkylation sites (N-methyl/N-ethyl adjacent to an activating group) is 1. The van der Waals surface area contributed by atoms with Crippen molar-refractivity contribution in [1.82, 2.24) is 0 Å². The van der Waals surface area contributed by atoms with E-state index < -0.39 is 5.41 Å². The standard InChI is InChI=1S/C18H22N2OS/c1-3-20(15-8-5-4-7-13(15)2)17(21)18(11-14(18)12-19)16-9-6-10-22-16/h4-10,14H,3,11-12,19H2,1-2H3/t14-,18-/m0/s1. The highest BCUT2D eigenvalue weighted by Crippen LogP contribution is 2.56. The molecule has 1 aliphatic carbocycles. The molecule has 3 nitrogen and oxygen atoms in total. The zero-order valence-electron chi connectivity index (χ0n) is 13.1. The van der Waals surface area contributed by atoms with E-state index in [0.717, 1.165) is 22.5 Å². The van der Waals surface area contributed by atoms with E-state index in [4.69, 9.17) is 5.73 Å². The Bertz CT molecular complexity index is 667. The molecule has 1 heterocycles. The molecule has 1 saturated carbocycles. The summed E-state index contributed by atoms with van der Waals surface area (Å²) in [6.07, 6.45) is 0.866. The van der Waals surface area contributed by atoms with Crippen molar-refractivity contribution in [2.24, 2.45) is 11.7 Å². The molecule has 2 aromatic rings. The highest BCUT2D eigenvalue weighted by Gasteiger charge is 2.62. The van der Waals surface area contributed by atoms with Crippen molar-refractivity contribution in [3.05, 3.63) is 52.2 Å². The maximum Gasteiger partial charge on any atom is 0.238 e. The Balaban J connectivity index is 1.99. The van der Waals surface area contributed by atoms with Crippen molar-refractivity contribution in [3.8, 4) is 0 Å². The number of nitrogens with two attached hydrogens (primary N) is 1. The van der Waals surface area contributed by atoms with Crippen LogP contribution < -0.4 is 10.6 Å². The zero-order chi connectivity index (χ0) is 15.7. The molecule has 0 aliphatic heterocycles. The molecular weight excluding hydrogens is 292 g/mol. The molecule has 22 heavy (non-hydrogen) atoms. The molecule has 4 heteroatoms. The van der Waals surface area contributed by atoms with Crippen LogP contribution >= 0.6 is 11.3 Å². The number of aryl methyl sites for hydroxylation is 1. The van der Waals surface area contributed by atoms with Gasteiger partial charge in [-0.1, -0.05) is 24.3 Å². The quantitative estimate of drug-likeness (QED) is 0.920. The minimum absolute atomic E-state index is 0.196. The van der Waals surface area contributed by atoms with E-state index in [0.29, 0.717) is 13.1 Å². The van der Waals surface area contributed by atoms with Gasteiger partial charge in [-0.15, -0.1) is 11.3 Å². The summed E-state index contributed by atoms with van der Waals surface area (Å²) in [5.74, 6) is 0.457. The number of rotatable bonds is 5. The van der Waals surface area contributed by atoms with E-state index in [1.807, 2.05) is 41.5 Å². The van der Waals surface area contributed by atoms with Crippen LogP contribution in [0.15, 0.2) is 41.8 Å². The van der Waals surface area contributed by atoms with Gasteiger partial charge in [-0.05, 0) is 55.8 Å². The van der Waals surface area contributed by atoms with E-state index in [9.17, 15) is 4.79 Å². The first kappa shape index (κ1) is 15.3. The predicted octanol–water partition coefficient (Wildman–Crippen LogP) is 3.33. The van der Waals surface area contributed by atoms with Gasteiger partial charge in [0.2, 0.25) is 5.91 Å². The van der Waals surface area contributed by atoms with Crippen LogP contribution in [0.1, 0.15) is 23.8 Å². The predicted molar refractivity (Wildman–Crippen MR) is 92.4 cm³/mol. The minimum atomic E-state index is -0.402. The average Bonchev–Trinajstić information content (AvgIpc) is 3.02. The van der Waals surface area contributed by atoms with E-state index in [-0.39, 0.29) is 11.8 Å². The Morgan fingerprint density at radius 2 is 2.14 bits per heavy atom. The van der Waals surface area contributed by atoms with Crippen LogP contribution in [0.4, 0.5) is 5.69 Å². The Labute approximate surface area is 135 Å². The summed E-state index contributed by atoms with van der Waals surface area (Å²) in [5.41, 5.74) is 7.63. The topological polar surface area (TPSA) is 46.3 Å². The third-order valence-corrected chi connectivity index (χ3v) is 5.75. The van der Waals surface area contributed by atoms with Crippen LogP contribution in [0.3, 0.4) is 0 Å². The average molecular weight is 314 g/mol. The van der Waals surface area contributed by atoms with Crippen LogP contribution in [0.25, 0.3) is 0 Å². The van der Waals surface area contributed by atoms with Crippen molar-refractivity contribution >= 4 is 22.9 Å². The minimum Gasteiger partial charge on any atom is -0.330 e. The number of amides is 1. The molecule has 0 radical (unpaired) electrons. The van der Waals surface area contributed by atoms with E-state index in [2.05, 4.69) is 19.1 Å². The first-order valence-electron chi connectivity index (χ1n) is 7.76. The Morgan fingerprint density at radius 3 is 2.68 bits per heavy atom. The van der Waals surface area contributed by atoms with Crippen LogP contribution in [0.2, 0.25) is 0 Å². The summed E-state index contributed by atoms with van der Waals surface area (Å²) in [7, 11) is 0. The van der Waals surface area contributed by atoms with Gasteiger partial charge in [0.05, 0.1) is 5.41 Å². The molecule has 1 aromatic heterocycles. The van der Waals surface area contributed by atoms with E-state index >= 15 is 0 Å². The highest BCUT2D eigenvalue weighted by atomic mass is 32.1. The maximum absolute atomic E-state index is 13.4. The molecule has 116 valence electrons. The lowest BCUT2D eigenvalue weighted by atomic mass is 9.98. The van der Waals surface area contributed by atoms with Crippen molar-refractivity contribution in [2.45, 2.75) is 25.7 Å². The largest absolute Gasteiger partial charge is 0.330 e. The number of thiophene rings is 1. The lowest BCUT2D eigenvalue weighted by molar-refractivity contribution is -0.121. The summed E-state index contributed by atoms with van der Waals surface area (Å²) in [5, 5.41) is 2.04. The van der Waals surface area contributed by atoms with Gasteiger partial charge in [0, 0.05) is 17.1 Å². The van der Waals surface area contributed by atoms with Crippen LogP contribution in [-0.2, 0) is 10.2 Å². The molecule has 0 bridgehead atoms. The lowest BCUT2D eigenvalue weighted by Crippen LogP contribution is -2.41. The van der Waals surface area contributed by atoms with Gasteiger partial charge < -0.3 is 10.6 Å². The fourth-order valence-corrected chi connectivity index (χ4v) is 4.35. The third-order valence-electron chi connectivity index (χ3n) is 4.70. The molecule has 2 atom stereocenters. The Morgan fingerprint density at radius 1 is 1.36 bits per heavy atom. The van der Waals surface area contributed by atoms with Gasteiger partial charge in [-0.3, -0.25) is 4.79 Å². The second kappa shape index (κ2) is 5.86. The molecule has 0 spiro atoms.